The minimum atomic E-state index is -1.14. The molecule has 3 unspecified atom stereocenters. The van der Waals surface area contributed by atoms with Gasteiger partial charge >= 0.3 is 5.97 Å². The van der Waals surface area contributed by atoms with Gasteiger partial charge in [-0.2, -0.15) is 0 Å². The van der Waals surface area contributed by atoms with Gasteiger partial charge in [0.05, 0.1) is 12.4 Å². The number of nitrogens with zero attached hydrogens (tertiary/aromatic N) is 2. The first-order valence-corrected chi connectivity index (χ1v) is 7.46. The molecule has 1 aromatic heterocycles. The highest BCUT2D eigenvalue weighted by molar-refractivity contribution is 5.92. The van der Waals surface area contributed by atoms with Crippen LogP contribution in [0.4, 0.5) is 0 Å². The summed E-state index contributed by atoms with van der Waals surface area (Å²) in [4.78, 5) is 43.8. The van der Waals surface area contributed by atoms with Crippen LogP contribution in [0.2, 0.25) is 0 Å². The lowest BCUT2D eigenvalue weighted by molar-refractivity contribution is -0.144. The number of hydrogen-bond donors (Lipinski definition) is 4. The predicted molar refractivity (Wildman–Crippen MR) is 80.2 cm³/mol. The van der Waals surface area contributed by atoms with Gasteiger partial charge in [-0.3, -0.25) is 9.59 Å². The summed E-state index contributed by atoms with van der Waals surface area (Å²) in [7, 11) is 0. The zero-order valence-electron chi connectivity index (χ0n) is 12.9. The quantitative estimate of drug-likeness (QED) is 0.521. The lowest BCUT2D eigenvalue weighted by Gasteiger charge is -2.26. The first-order chi connectivity index (χ1) is 10.9. The maximum Gasteiger partial charge on any atom is 0.326 e. The summed E-state index contributed by atoms with van der Waals surface area (Å²) in [5.41, 5.74) is 6.19. The van der Waals surface area contributed by atoms with Crippen LogP contribution in [-0.4, -0.2) is 62.4 Å². The molecule has 23 heavy (non-hydrogen) atoms. The number of carboxylic acid groups (broad SMARTS) is 1. The molecule has 1 aliphatic heterocycles. The molecular weight excluding hydrogens is 302 g/mol. The van der Waals surface area contributed by atoms with Crippen molar-refractivity contribution in [2.24, 2.45) is 5.73 Å². The summed E-state index contributed by atoms with van der Waals surface area (Å²) in [6.45, 7) is 2.02. The molecule has 1 aliphatic rings. The van der Waals surface area contributed by atoms with E-state index in [1.807, 2.05) is 0 Å². The summed E-state index contributed by atoms with van der Waals surface area (Å²) < 4.78 is 0. The van der Waals surface area contributed by atoms with E-state index in [1.54, 1.807) is 6.92 Å². The highest BCUT2D eigenvalue weighted by atomic mass is 16.4. The number of imidazole rings is 1. The fourth-order valence-electron chi connectivity index (χ4n) is 2.65. The van der Waals surface area contributed by atoms with Gasteiger partial charge in [0.2, 0.25) is 11.8 Å². The Morgan fingerprint density at radius 3 is 2.87 bits per heavy atom. The molecule has 2 amide bonds. The van der Waals surface area contributed by atoms with Crippen LogP contribution >= 0.6 is 0 Å². The van der Waals surface area contributed by atoms with Crippen LogP contribution in [-0.2, 0) is 20.8 Å². The standard InChI is InChI=1S/C14H21N5O4/c1-8(15)13(21)19-4-2-3-11(19)12(20)18-10(14(22)23)5-9-6-16-7-17-9/h6-8,10-11H,2-5,15H2,1H3,(H,16,17)(H,18,20)(H,22,23). The van der Waals surface area contributed by atoms with Gasteiger partial charge < -0.3 is 26.0 Å². The van der Waals surface area contributed by atoms with E-state index >= 15 is 0 Å². The number of likely N-dealkylation sites (tertiary alicyclic amines) is 1. The number of nitrogens with two attached hydrogens (primary N) is 1. The number of aromatic amines is 1. The molecule has 1 saturated heterocycles. The van der Waals surface area contributed by atoms with E-state index in [0.717, 1.165) is 0 Å². The van der Waals surface area contributed by atoms with Crippen LogP contribution in [0, 0.1) is 0 Å². The molecule has 0 bridgehead atoms. The molecule has 9 nitrogen and oxygen atoms in total. The molecule has 0 radical (unpaired) electrons. The summed E-state index contributed by atoms with van der Waals surface area (Å²) in [5.74, 6) is -1.91. The van der Waals surface area contributed by atoms with Crippen molar-refractivity contribution in [2.45, 2.75) is 44.3 Å². The van der Waals surface area contributed by atoms with E-state index in [0.29, 0.717) is 25.1 Å². The van der Waals surface area contributed by atoms with Gasteiger partial charge in [-0.1, -0.05) is 0 Å². The first kappa shape index (κ1) is 16.9. The summed E-state index contributed by atoms with van der Waals surface area (Å²) >= 11 is 0. The number of carboxylic acids is 1. The second kappa shape index (κ2) is 7.23. The normalized spacial score (nSPS) is 20.1. The average molecular weight is 323 g/mol. The van der Waals surface area contributed by atoms with Gasteiger partial charge in [0.1, 0.15) is 12.1 Å². The number of carbonyl (C=O) groups is 3. The largest absolute Gasteiger partial charge is 0.480 e. The van der Waals surface area contributed by atoms with E-state index < -0.39 is 30.0 Å². The molecule has 9 heteroatoms. The highest BCUT2D eigenvalue weighted by Crippen LogP contribution is 2.18. The average Bonchev–Trinajstić information content (AvgIpc) is 3.16. The van der Waals surface area contributed by atoms with Gasteiger partial charge in [0, 0.05) is 24.9 Å². The summed E-state index contributed by atoms with van der Waals surface area (Å²) in [5, 5.41) is 11.8. The lowest BCUT2D eigenvalue weighted by atomic mass is 10.1. The van der Waals surface area contributed by atoms with Crippen molar-refractivity contribution in [2.75, 3.05) is 6.54 Å². The number of aromatic nitrogens is 2. The van der Waals surface area contributed by atoms with Crippen LogP contribution in [0.5, 0.6) is 0 Å². The molecule has 0 saturated carbocycles. The Kier molecular flexibility index (Phi) is 5.32. The second-order valence-corrected chi connectivity index (χ2v) is 5.66. The van der Waals surface area contributed by atoms with Crippen molar-refractivity contribution in [3.05, 3.63) is 18.2 Å². The van der Waals surface area contributed by atoms with Gasteiger partial charge in [-0.25, -0.2) is 9.78 Å². The van der Waals surface area contributed by atoms with Crippen molar-refractivity contribution in [3.63, 3.8) is 0 Å². The molecule has 1 aromatic rings. The molecule has 126 valence electrons. The third-order valence-corrected chi connectivity index (χ3v) is 3.82. The van der Waals surface area contributed by atoms with Crippen LogP contribution in [0.15, 0.2) is 12.5 Å². The van der Waals surface area contributed by atoms with Gasteiger partial charge in [-0.05, 0) is 19.8 Å². The summed E-state index contributed by atoms with van der Waals surface area (Å²) in [6, 6.07) is -2.45. The highest BCUT2D eigenvalue weighted by Gasteiger charge is 2.36. The maximum atomic E-state index is 12.4. The number of rotatable bonds is 6. The van der Waals surface area contributed by atoms with Crippen LogP contribution in [0.25, 0.3) is 0 Å². The number of nitrogens with one attached hydrogen (secondary N) is 2. The number of carbonyl (C=O) groups excluding carboxylic acids is 2. The Balaban J connectivity index is 2.03. The van der Waals surface area contributed by atoms with Crippen LogP contribution < -0.4 is 11.1 Å². The van der Waals surface area contributed by atoms with Crippen molar-refractivity contribution in [1.29, 1.82) is 0 Å². The zero-order valence-corrected chi connectivity index (χ0v) is 12.9. The molecule has 2 heterocycles. The Hall–Kier alpha value is -2.42. The van der Waals surface area contributed by atoms with Crippen molar-refractivity contribution in [3.8, 4) is 0 Å². The SMILES string of the molecule is CC(N)C(=O)N1CCCC1C(=O)NC(Cc1cnc[nH]1)C(=O)O. The molecule has 0 aromatic carbocycles. The van der Waals surface area contributed by atoms with Gasteiger partial charge in [0.15, 0.2) is 0 Å². The molecule has 0 aliphatic carbocycles. The molecule has 2 rings (SSSR count). The molecule has 5 N–H and O–H groups in total. The van der Waals surface area contributed by atoms with E-state index in [1.165, 1.54) is 17.4 Å². The van der Waals surface area contributed by atoms with Crippen LogP contribution in [0.1, 0.15) is 25.5 Å². The van der Waals surface area contributed by atoms with E-state index in [9.17, 15) is 19.5 Å². The Morgan fingerprint density at radius 2 is 2.30 bits per heavy atom. The van der Waals surface area contributed by atoms with Crippen LogP contribution in [0.3, 0.4) is 0 Å². The third kappa shape index (κ3) is 4.07. The predicted octanol–water partition coefficient (Wildman–Crippen LogP) is -1.14. The Bertz CT molecular complexity index is 572. The number of H-pyrrole nitrogens is 1. The first-order valence-electron chi connectivity index (χ1n) is 7.46. The van der Waals surface area contributed by atoms with Gasteiger partial charge in [-0.15, -0.1) is 0 Å². The lowest BCUT2D eigenvalue weighted by Crippen LogP contribution is -2.53. The molecule has 1 fully saturated rings. The van der Waals surface area contributed by atoms with E-state index in [-0.39, 0.29) is 12.3 Å². The third-order valence-electron chi connectivity index (χ3n) is 3.82. The molecule has 3 atom stereocenters. The molecule has 0 spiro atoms. The maximum absolute atomic E-state index is 12.4. The smallest absolute Gasteiger partial charge is 0.326 e. The Labute approximate surface area is 133 Å². The summed E-state index contributed by atoms with van der Waals surface area (Å²) in [6.07, 6.45) is 4.23. The Morgan fingerprint density at radius 1 is 1.57 bits per heavy atom. The van der Waals surface area contributed by atoms with Crippen molar-refractivity contribution in [1.82, 2.24) is 20.2 Å². The topological polar surface area (TPSA) is 141 Å². The number of amides is 2. The van der Waals surface area contributed by atoms with E-state index in [4.69, 9.17) is 5.73 Å². The molecular formula is C14H21N5O4. The van der Waals surface area contributed by atoms with Crippen molar-refractivity contribution < 1.29 is 19.5 Å². The second-order valence-electron chi connectivity index (χ2n) is 5.66. The monoisotopic (exact) mass is 323 g/mol. The van der Waals surface area contributed by atoms with E-state index in [2.05, 4.69) is 15.3 Å². The fourth-order valence-corrected chi connectivity index (χ4v) is 2.65. The minimum Gasteiger partial charge on any atom is -0.480 e. The zero-order chi connectivity index (χ0) is 17.0. The fraction of sp³-hybridized carbons (Fsp3) is 0.571. The number of aliphatic carboxylic acids is 1. The van der Waals surface area contributed by atoms with Gasteiger partial charge in [0.25, 0.3) is 0 Å². The minimum absolute atomic E-state index is 0.0923. The number of hydrogen-bond acceptors (Lipinski definition) is 5. The van der Waals surface area contributed by atoms with Crippen molar-refractivity contribution >= 4 is 17.8 Å².